The smallest absolute Gasteiger partial charge is 0.462 e. The summed E-state index contributed by atoms with van der Waals surface area (Å²) in [6, 6.07) is 0. The predicted molar refractivity (Wildman–Crippen MR) is 183 cm³/mol. The second kappa shape index (κ2) is 28.9. The highest BCUT2D eigenvalue weighted by Crippen LogP contribution is 2.43. The van der Waals surface area contributed by atoms with E-state index < -0.39 is 26.5 Å². The lowest BCUT2D eigenvalue weighted by atomic mass is 10.1. The Morgan fingerprint density at radius 2 is 1.13 bits per heavy atom. The predicted octanol–water partition coefficient (Wildman–Crippen LogP) is 9.07. The molecule has 10 heteroatoms. The van der Waals surface area contributed by atoms with E-state index in [-0.39, 0.29) is 32.0 Å². The number of allylic oxidation sites excluding steroid dienone is 2. The van der Waals surface area contributed by atoms with Crippen LogP contribution in [0.5, 0.6) is 0 Å². The van der Waals surface area contributed by atoms with Crippen molar-refractivity contribution in [3.05, 3.63) is 12.2 Å². The molecule has 1 N–H and O–H groups in total. The van der Waals surface area contributed by atoms with Gasteiger partial charge in [0.05, 0.1) is 27.7 Å². The van der Waals surface area contributed by atoms with Gasteiger partial charge in [0.1, 0.15) is 19.8 Å². The molecule has 0 aliphatic rings. The van der Waals surface area contributed by atoms with Crippen LogP contribution in [-0.4, -0.2) is 74.9 Å². The normalized spacial score (nSPS) is 14.0. The van der Waals surface area contributed by atoms with E-state index in [1.54, 1.807) is 0 Å². The molecule has 0 aliphatic carbocycles. The van der Waals surface area contributed by atoms with Crippen molar-refractivity contribution in [1.29, 1.82) is 0 Å². The molecule has 0 amide bonds. The molecule has 0 saturated carbocycles. The number of nitrogens with zero attached hydrogens (tertiary/aromatic N) is 1. The van der Waals surface area contributed by atoms with Gasteiger partial charge in [0.15, 0.2) is 6.10 Å². The van der Waals surface area contributed by atoms with Gasteiger partial charge in [-0.2, -0.15) is 0 Å². The fourth-order valence-electron chi connectivity index (χ4n) is 4.65. The molecule has 266 valence electrons. The fourth-order valence-corrected chi connectivity index (χ4v) is 5.39. The summed E-state index contributed by atoms with van der Waals surface area (Å²) in [4.78, 5) is 35.0. The number of hydrogen-bond donors (Lipinski definition) is 1. The second-order valence-corrected chi connectivity index (χ2v) is 14.7. The number of esters is 2. The molecule has 2 atom stereocenters. The Balaban J connectivity index is 4.47. The first-order valence-electron chi connectivity index (χ1n) is 17.9. The summed E-state index contributed by atoms with van der Waals surface area (Å²) in [6.45, 7) is 4.34. The van der Waals surface area contributed by atoms with Crippen LogP contribution in [0.15, 0.2) is 12.2 Å². The lowest BCUT2D eigenvalue weighted by molar-refractivity contribution is -0.870. The first-order valence-corrected chi connectivity index (χ1v) is 19.4. The van der Waals surface area contributed by atoms with Crippen LogP contribution in [-0.2, 0) is 32.7 Å². The van der Waals surface area contributed by atoms with E-state index in [1.807, 2.05) is 21.1 Å². The maximum absolute atomic E-state index is 12.6. The first kappa shape index (κ1) is 43.8. The van der Waals surface area contributed by atoms with Crippen LogP contribution in [0.1, 0.15) is 149 Å². The molecule has 0 aromatic carbocycles. The van der Waals surface area contributed by atoms with Gasteiger partial charge in [0.2, 0.25) is 0 Å². The average molecular weight is 663 g/mol. The number of phosphoric acid groups is 1. The quantitative estimate of drug-likeness (QED) is 0.0250. The highest BCUT2D eigenvalue weighted by atomic mass is 31.2. The minimum atomic E-state index is -4.36. The number of rotatable bonds is 32. The summed E-state index contributed by atoms with van der Waals surface area (Å²) in [5.74, 6) is -0.813. The maximum Gasteiger partial charge on any atom is 0.472 e. The number of unbranched alkanes of at least 4 members (excludes halogenated alkanes) is 16. The lowest BCUT2D eigenvalue weighted by Gasteiger charge is -2.24. The van der Waals surface area contributed by atoms with E-state index in [2.05, 4.69) is 26.0 Å². The van der Waals surface area contributed by atoms with Crippen molar-refractivity contribution in [2.24, 2.45) is 0 Å². The molecule has 0 bridgehead atoms. The SMILES string of the molecule is CCCCCC/C=C/CCCCCCCC(=O)O[C@H](COC(=O)CCCCCCCCCC)COP(=O)(O)OCC[N+](C)(C)C. The van der Waals surface area contributed by atoms with Crippen molar-refractivity contribution in [2.75, 3.05) is 47.5 Å². The van der Waals surface area contributed by atoms with E-state index in [1.165, 1.54) is 64.2 Å². The van der Waals surface area contributed by atoms with Gasteiger partial charge in [-0.1, -0.05) is 109 Å². The van der Waals surface area contributed by atoms with Gasteiger partial charge in [0.25, 0.3) is 0 Å². The van der Waals surface area contributed by atoms with Crippen LogP contribution in [0.3, 0.4) is 0 Å². The molecule has 0 radical (unpaired) electrons. The molecule has 0 heterocycles. The van der Waals surface area contributed by atoms with Crippen LogP contribution in [0, 0.1) is 0 Å². The Hall–Kier alpha value is -1.25. The third-order valence-electron chi connectivity index (χ3n) is 7.55. The average Bonchev–Trinajstić information content (AvgIpc) is 2.97. The van der Waals surface area contributed by atoms with Crippen LogP contribution >= 0.6 is 7.82 Å². The number of quaternary nitrogens is 1. The van der Waals surface area contributed by atoms with Crippen molar-refractivity contribution in [3.8, 4) is 0 Å². The third kappa shape index (κ3) is 32.5. The van der Waals surface area contributed by atoms with Crippen LogP contribution in [0.4, 0.5) is 0 Å². The molecule has 0 fully saturated rings. The van der Waals surface area contributed by atoms with Gasteiger partial charge in [0, 0.05) is 12.8 Å². The Morgan fingerprint density at radius 3 is 1.67 bits per heavy atom. The summed E-state index contributed by atoms with van der Waals surface area (Å²) in [6.07, 6.45) is 25.5. The molecule has 0 aromatic rings. The standard InChI is InChI=1S/C35H68NO8P/c1-6-8-10-12-14-16-17-18-19-20-22-24-26-28-35(38)44-33(32-43-45(39,40)42-30-29-36(3,4)5)31-41-34(37)27-25-23-21-15-13-11-9-7-2/h16-17,33H,6-15,18-32H2,1-5H3/p+1/b17-16+/t33-/m1/s1. The van der Waals surface area contributed by atoms with Gasteiger partial charge in [-0.3, -0.25) is 18.6 Å². The largest absolute Gasteiger partial charge is 0.472 e. The molecule has 45 heavy (non-hydrogen) atoms. The van der Waals surface area contributed by atoms with E-state index in [4.69, 9.17) is 18.5 Å². The number of likely N-dealkylation sites (N-methyl/N-ethyl adjacent to an activating group) is 1. The highest BCUT2D eigenvalue weighted by Gasteiger charge is 2.27. The first-order chi connectivity index (χ1) is 21.5. The van der Waals surface area contributed by atoms with Gasteiger partial charge in [-0.15, -0.1) is 0 Å². The Kier molecular flexibility index (Phi) is 28.1. The lowest BCUT2D eigenvalue weighted by Crippen LogP contribution is -2.37. The van der Waals surface area contributed by atoms with Crippen molar-refractivity contribution in [3.63, 3.8) is 0 Å². The second-order valence-electron chi connectivity index (χ2n) is 13.3. The minimum absolute atomic E-state index is 0.0324. The maximum atomic E-state index is 12.6. The zero-order valence-corrected chi connectivity index (χ0v) is 30.5. The van der Waals surface area contributed by atoms with Gasteiger partial charge in [-0.25, -0.2) is 4.57 Å². The molecule has 1 unspecified atom stereocenters. The van der Waals surface area contributed by atoms with Crippen LogP contribution in [0.25, 0.3) is 0 Å². The Morgan fingerprint density at radius 1 is 0.667 bits per heavy atom. The molecular weight excluding hydrogens is 593 g/mol. The molecule has 0 saturated heterocycles. The Labute approximate surface area is 276 Å². The highest BCUT2D eigenvalue weighted by molar-refractivity contribution is 7.47. The van der Waals surface area contributed by atoms with E-state index in [0.29, 0.717) is 17.4 Å². The summed E-state index contributed by atoms with van der Waals surface area (Å²) >= 11 is 0. The summed E-state index contributed by atoms with van der Waals surface area (Å²) in [7, 11) is 1.47. The zero-order valence-electron chi connectivity index (χ0n) is 29.6. The zero-order chi connectivity index (χ0) is 33.7. The van der Waals surface area contributed by atoms with Gasteiger partial charge < -0.3 is 18.9 Å². The van der Waals surface area contributed by atoms with Crippen molar-refractivity contribution >= 4 is 19.8 Å². The number of carbonyl (C=O) groups is 2. The monoisotopic (exact) mass is 662 g/mol. The summed E-state index contributed by atoms with van der Waals surface area (Å²) in [5.41, 5.74) is 0. The third-order valence-corrected chi connectivity index (χ3v) is 8.53. The molecule has 9 nitrogen and oxygen atoms in total. The Bertz CT molecular complexity index is 799. The topological polar surface area (TPSA) is 108 Å². The molecular formula is C35H69NO8P+. The van der Waals surface area contributed by atoms with Gasteiger partial charge >= 0.3 is 19.8 Å². The van der Waals surface area contributed by atoms with Gasteiger partial charge in [-0.05, 0) is 38.5 Å². The minimum Gasteiger partial charge on any atom is -0.462 e. The number of hydrogen-bond acceptors (Lipinski definition) is 7. The van der Waals surface area contributed by atoms with Crippen LogP contribution < -0.4 is 0 Å². The molecule has 0 aliphatic heterocycles. The van der Waals surface area contributed by atoms with Crippen molar-refractivity contribution in [1.82, 2.24) is 0 Å². The van der Waals surface area contributed by atoms with Crippen LogP contribution in [0.2, 0.25) is 0 Å². The fraction of sp³-hybridized carbons (Fsp3) is 0.886. The molecule has 0 spiro atoms. The molecule has 0 aromatic heterocycles. The molecule has 0 rings (SSSR count). The summed E-state index contributed by atoms with van der Waals surface area (Å²) in [5, 5.41) is 0. The van der Waals surface area contributed by atoms with E-state index in [9.17, 15) is 19.0 Å². The number of carbonyl (C=O) groups excluding carboxylic acids is 2. The number of ether oxygens (including phenoxy) is 2. The van der Waals surface area contributed by atoms with Crippen molar-refractivity contribution in [2.45, 2.75) is 155 Å². The van der Waals surface area contributed by atoms with E-state index >= 15 is 0 Å². The van der Waals surface area contributed by atoms with E-state index in [0.717, 1.165) is 51.4 Å². The van der Waals surface area contributed by atoms with Crippen molar-refractivity contribution < 1.29 is 42.1 Å². The number of phosphoric ester groups is 1. The summed E-state index contributed by atoms with van der Waals surface area (Å²) < 4.78 is 34.0.